The van der Waals surface area contributed by atoms with Gasteiger partial charge in [-0.2, -0.15) is 0 Å². The average Bonchev–Trinajstić information content (AvgIpc) is 1.71. The van der Waals surface area contributed by atoms with Crippen LogP contribution in [0.25, 0.3) is 11.4 Å². The van der Waals surface area contributed by atoms with Gasteiger partial charge in [-0.05, 0) is 272 Å². The fraction of sp³-hybridized carbons (Fsp3) is 0.443. The first kappa shape index (κ1) is 111. The average molecular weight is 1900 g/mol. The van der Waals surface area contributed by atoms with Crippen molar-refractivity contribution >= 4 is 40.2 Å². The van der Waals surface area contributed by atoms with Crippen LogP contribution < -0.4 is 33.4 Å². The number of Topliss-reactive ketones (excluding diaryl/α,β-unsaturated/α-hetero) is 1. The first-order valence-electron chi connectivity index (χ1n) is 48.2. The highest BCUT2D eigenvalue weighted by atomic mass is 16.4. The van der Waals surface area contributed by atoms with Gasteiger partial charge in [-0.15, -0.1) is 25.6 Å². The van der Waals surface area contributed by atoms with E-state index >= 15 is 0 Å². The molecule has 33 nitrogen and oxygen atoms in total. The number of carbonyl (C=O) groups is 2. The molecule has 1 atom stereocenters. The maximum atomic E-state index is 11.8. The highest BCUT2D eigenvalue weighted by Gasteiger charge is 2.31. The molecule has 0 aliphatic carbocycles. The molecule has 0 saturated heterocycles. The van der Waals surface area contributed by atoms with Crippen molar-refractivity contribution in [3.8, 4) is 11.4 Å². The number of hydrogen-bond donors (Lipinski definition) is 5. The highest BCUT2D eigenvalue weighted by Crippen LogP contribution is 2.28. The standard InChI is InChI=1S/C29H42N6O2.C24H29N5O.C19H30N6.C17H23N5O2.C17H25N5O/c1-8-9-12-34-13-14-35(27-21(3)15-20(2)16-22(27)4)28(34)32-33-31-25-11-10-23(17-24(25)19-36)26(37)18-30-29(5,6)7;1-6-7-12-28-13-14-29(23-18(3)15-17(2)16-19(23)4)24(28)26-27-25-22-11-9-8-10-21(22)20(5)30;1-6-7-13-24-14-15-25(19(2,3)16-23(4)5)18(24)21-22-20-17-11-9-8-10-12-17;1-4-5-11-21-12-13-22(17(2,3)15(23)24)16(21)19-20-18-14-9-7-6-8-10-14;1-4-5-11-21-12-13-22(17(2,3)14-23)16(21)19-20-18-15-9-7-6-8-10-15/h10-11,13-17,26,30,36-37H,8-9,12,18-19H2,1-7H3;8-11,13-16H,6-7,12H2,1-5H3;8-12,14-15H,6-7,13,16H2,1-5H3;6-10,12-13H,4-5,11H2,1-3H3,(H,23,24);6-10,12-13,23H,4-5,11,14H2,1-3H3/b32-28-,33-31?;26-24-,27-25?;21-18-,22-20?;2*19-16-,20-18?. The molecule has 12 aromatic rings. The van der Waals surface area contributed by atoms with Crippen LogP contribution in [-0.4, -0.2) is 122 Å². The summed E-state index contributed by atoms with van der Waals surface area (Å²) in [6, 6.07) is 49.7. The van der Waals surface area contributed by atoms with Crippen molar-refractivity contribution in [2.75, 3.05) is 33.8 Å². The summed E-state index contributed by atoms with van der Waals surface area (Å²) in [4.78, 5) is 25.6. The van der Waals surface area contributed by atoms with Gasteiger partial charge < -0.3 is 62.6 Å². The summed E-state index contributed by atoms with van der Waals surface area (Å²) in [5.74, 6) is -0.978. The number of ketones is 1. The van der Waals surface area contributed by atoms with E-state index in [0.717, 1.165) is 132 Å². The molecule has 33 heteroatoms. The number of hydrogen-bond acceptors (Lipinski definition) is 17. The number of aliphatic carboxylic acids is 1. The Morgan fingerprint density at radius 1 is 0.403 bits per heavy atom. The van der Waals surface area contributed by atoms with E-state index in [1.54, 1.807) is 48.9 Å². The minimum absolute atomic E-state index is 0.0216. The lowest BCUT2D eigenvalue weighted by Crippen LogP contribution is -2.44. The Labute approximate surface area is 819 Å². The molecule has 1 unspecified atom stereocenters. The maximum Gasteiger partial charge on any atom is 0.329 e. The van der Waals surface area contributed by atoms with Gasteiger partial charge in [0.2, 0.25) is 28.1 Å². The summed E-state index contributed by atoms with van der Waals surface area (Å²) < 4.78 is 20.2. The van der Waals surface area contributed by atoms with Crippen molar-refractivity contribution in [3.63, 3.8) is 0 Å². The highest BCUT2D eigenvalue weighted by molar-refractivity contribution is 5.98. The number of nitrogens with zero attached hydrogens (tertiary/aromatic N) is 26. The number of aliphatic hydroxyl groups is 3. The van der Waals surface area contributed by atoms with E-state index in [1.807, 2.05) is 180 Å². The fourth-order valence-corrected chi connectivity index (χ4v) is 15.5. The molecule has 0 amide bonds. The summed E-state index contributed by atoms with van der Waals surface area (Å²) in [6.45, 7) is 48.1. The first-order valence-corrected chi connectivity index (χ1v) is 48.2. The largest absolute Gasteiger partial charge is 0.480 e. The number of aryl methyl sites for hydroxylation is 11. The van der Waals surface area contributed by atoms with Gasteiger partial charge in [-0.3, -0.25) is 18.5 Å². The van der Waals surface area contributed by atoms with Crippen LogP contribution in [0.15, 0.2) is 297 Å². The van der Waals surface area contributed by atoms with E-state index < -0.39 is 23.2 Å². The van der Waals surface area contributed by atoms with Crippen molar-refractivity contribution < 1.29 is 30.0 Å². The zero-order chi connectivity index (χ0) is 101. The number of carboxylic acids is 1. The number of aliphatic hydroxyl groups excluding tert-OH is 3. The van der Waals surface area contributed by atoms with Crippen LogP contribution in [-0.2, 0) is 60.7 Å². The lowest BCUT2D eigenvalue weighted by Gasteiger charge is -2.29. The van der Waals surface area contributed by atoms with E-state index in [4.69, 9.17) is 0 Å². The zero-order valence-corrected chi connectivity index (χ0v) is 86.0. The predicted octanol–water partition coefficient (Wildman–Crippen LogP) is 22.2. The second kappa shape index (κ2) is 54.6. The van der Waals surface area contributed by atoms with Gasteiger partial charge in [0, 0.05) is 124 Å². The summed E-state index contributed by atoms with van der Waals surface area (Å²) in [5.41, 5.74) is 16.1. The molecule has 139 heavy (non-hydrogen) atoms. The molecule has 0 fully saturated rings. The molecule has 0 saturated carbocycles. The molecular formula is C106H149N27O6. The van der Waals surface area contributed by atoms with Gasteiger partial charge in [0.1, 0.15) is 5.54 Å². The number of β-amino-alcohol motifs (C(OH)–C–C–N with tert-alkyl or cyclic N) is 1. The van der Waals surface area contributed by atoms with E-state index in [0.29, 0.717) is 62.8 Å². The van der Waals surface area contributed by atoms with Gasteiger partial charge in [-0.1, -0.05) is 200 Å². The van der Waals surface area contributed by atoms with Gasteiger partial charge in [0.05, 0.1) is 70.2 Å². The van der Waals surface area contributed by atoms with Crippen molar-refractivity contribution in [1.29, 1.82) is 0 Å². The third kappa shape index (κ3) is 33.1. The number of carbonyl (C=O) groups excluding carboxylic acids is 1. The molecule has 5 heterocycles. The zero-order valence-electron chi connectivity index (χ0n) is 86.0. The van der Waals surface area contributed by atoms with E-state index in [2.05, 4.69) is 276 Å². The molecule has 0 aliphatic heterocycles. The number of nitrogens with one attached hydrogen (secondary N) is 1. The number of benzene rings is 7. The Balaban J connectivity index is 0.000000215. The van der Waals surface area contributed by atoms with Crippen molar-refractivity contribution in [2.24, 2.45) is 77.2 Å². The summed E-state index contributed by atoms with van der Waals surface area (Å²) in [7, 11) is 4.17. The molecular weight excluding hydrogens is 1750 g/mol. The van der Waals surface area contributed by atoms with Crippen LogP contribution in [0.3, 0.4) is 0 Å². The number of likely N-dealkylation sites (N-methyl/N-ethyl adjacent to an activating group) is 1. The van der Waals surface area contributed by atoms with Crippen LogP contribution in [0.4, 0.5) is 28.4 Å². The van der Waals surface area contributed by atoms with Crippen LogP contribution in [0, 0.1) is 41.5 Å². The van der Waals surface area contributed by atoms with Crippen LogP contribution in [0.1, 0.15) is 229 Å². The fourth-order valence-electron chi connectivity index (χ4n) is 15.5. The predicted molar refractivity (Wildman–Crippen MR) is 550 cm³/mol. The molecule has 744 valence electrons. The van der Waals surface area contributed by atoms with Crippen molar-refractivity contribution in [3.05, 3.63) is 298 Å². The van der Waals surface area contributed by atoms with E-state index in [-0.39, 0.29) is 30.1 Å². The van der Waals surface area contributed by atoms with Crippen LogP contribution in [0.5, 0.6) is 0 Å². The maximum absolute atomic E-state index is 11.8. The van der Waals surface area contributed by atoms with E-state index in [9.17, 15) is 30.0 Å². The Hall–Kier alpha value is -13.5. The minimum atomic E-state index is -1.13. The lowest BCUT2D eigenvalue weighted by atomic mass is 10.0. The second-order valence-electron chi connectivity index (χ2n) is 37.7. The number of aromatic nitrogens is 10. The molecule has 5 N–H and O–H groups in total. The lowest BCUT2D eigenvalue weighted by molar-refractivity contribution is -0.145. The monoisotopic (exact) mass is 1900 g/mol. The number of rotatable bonds is 39. The molecule has 0 aliphatic rings. The normalized spacial score (nSPS) is 13.0. The number of carboxylic acid groups (broad SMARTS) is 1. The van der Waals surface area contributed by atoms with Crippen molar-refractivity contribution in [1.82, 2.24) is 55.9 Å². The molecule has 0 spiro atoms. The van der Waals surface area contributed by atoms with E-state index in [1.165, 1.54) is 40.3 Å². The Bertz CT molecular complexity index is 6380. The molecule has 5 aromatic heterocycles. The molecule has 0 bridgehead atoms. The molecule has 0 radical (unpaired) electrons. The number of imidazole rings is 5. The van der Waals surface area contributed by atoms with Crippen molar-refractivity contribution in [2.45, 2.75) is 277 Å². The van der Waals surface area contributed by atoms with Gasteiger partial charge >= 0.3 is 5.97 Å². The third-order valence-corrected chi connectivity index (χ3v) is 22.9. The van der Waals surface area contributed by atoms with Gasteiger partial charge in [0.25, 0.3) is 0 Å². The van der Waals surface area contributed by atoms with Crippen LogP contribution >= 0.6 is 0 Å². The molecule has 7 aromatic carbocycles. The van der Waals surface area contributed by atoms with Crippen LogP contribution in [0.2, 0.25) is 0 Å². The third-order valence-electron chi connectivity index (χ3n) is 22.9. The Kier molecular flexibility index (Phi) is 43.5. The number of unbranched alkanes of at least 4 members (excludes halogenated alkanes) is 5. The Morgan fingerprint density at radius 3 is 1.10 bits per heavy atom. The molecule has 12 rings (SSSR count). The summed E-state index contributed by atoms with van der Waals surface area (Å²) in [6.07, 6.45) is 29.7. The first-order chi connectivity index (χ1) is 66.4. The summed E-state index contributed by atoms with van der Waals surface area (Å²) in [5, 5.41) is 106. The summed E-state index contributed by atoms with van der Waals surface area (Å²) >= 11 is 0. The second-order valence-corrected chi connectivity index (χ2v) is 37.7. The quantitative estimate of drug-likeness (QED) is 0.0140. The SMILES string of the molecule is CCCCn1ccn(-c2c(C)cc(C)cc2C)/c1=N\N=Nc1ccc(C(O)CNC(C)(C)C)cc1CO.CCCCn1ccn(-c2c(C)cc(C)cc2C)/c1=N\N=Nc1ccccc1C(C)=O.CCCCn1ccn(C(C)(C)C(=O)O)/c1=N\N=Nc1ccccc1.CCCCn1ccn(C(C)(C)CN(C)C)/c1=N\N=Nc1ccccc1.CCCCn1ccn(C(C)(C)CO)/c1=N\N=Nc1ccccc1. The Morgan fingerprint density at radius 2 is 0.741 bits per heavy atom. The van der Waals surface area contributed by atoms with Gasteiger partial charge in [-0.25, -0.2) is 4.79 Å². The van der Waals surface area contributed by atoms with Gasteiger partial charge in [0.15, 0.2) is 5.78 Å². The smallest absolute Gasteiger partial charge is 0.329 e. The topological polar surface area (TPSA) is 365 Å². The minimum Gasteiger partial charge on any atom is -0.480 e.